The number of halogens is 4. The topological polar surface area (TPSA) is 111 Å². The van der Waals surface area contributed by atoms with Gasteiger partial charge in [-0.3, -0.25) is 9.59 Å². The van der Waals surface area contributed by atoms with Gasteiger partial charge < -0.3 is 24.4 Å². The molecule has 0 saturated heterocycles. The van der Waals surface area contributed by atoms with Crippen LogP contribution in [0.3, 0.4) is 0 Å². The second-order valence-electron chi connectivity index (χ2n) is 12.0. The Labute approximate surface area is 276 Å². The van der Waals surface area contributed by atoms with Gasteiger partial charge in [0.15, 0.2) is 9.84 Å². The van der Waals surface area contributed by atoms with E-state index in [1.165, 1.54) is 48.4 Å². The van der Waals surface area contributed by atoms with E-state index in [4.69, 9.17) is 25.8 Å². The van der Waals surface area contributed by atoms with Gasteiger partial charge in [0.25, 0.3) is 5.91 Å². The largest absolute Gasteiger partial charge is 0.497 e. The Balaban J connectivity index is 1.74. The van der Waals surface area contributed by atoms with Crippen molar-refractivity contribution in [3.63, 3.8) is 0 Å². The first-order valence-electron chi connectivity index (χ1n) is 14.7. The minimum Gasteiger partial charge on any atom is -0.497 e. The number of esters is 1. The lowest BCUT2D eigenvalue weighted by atomic mass is 10.0. The van der Waals surface area contributed by atoms with Gasteiger partial charge >= 0.3 is 12.1 Å². The Morgan fingerprint density at radius 3 is 2.40 bits per heavy atom. The quantitative estimate of drug-likeness (QED) is 0.168. The highest BCUT2D eigenvalue weighted by atomic mass is 35.5. The van der Waals surface area contributed by atoms with Gasteiger partial charge in [-0.2, -0.15) is 13.2 Å². The summed E-state index contributed by atoms with van der Waals surface area (Å²) < 4.78 is 82.4. The van der Waals surface area contributed by atoms with E-state index in [-0.39, 0.29) is 64.3 Å². The number of fused-ring (bicyclic) bond motifs is 1. The summed E-state index contributed by atoms with van der Waals surface area (Å²) in [6.45, 7) is 5.43. The zero-order chi connectivity index (χ0) is 34.7. The molecule has 1 aliphatic heterocycles. The van der Waals surface area contributed by atoms with Crippen molar-refractivity contribution in [1.29, 1.82) is 0 Å². The number of hydrogen-bond acceptors (Lipinski definition) is 8. The maximum absolute atomic E-state index is 14.4. The summed E-state index contributed by atoms with van der Waals surface area (Å²) in [5, 5.41) is 3.36. The zero-order valence-corrected chi connectivity index (χ0v) is 28.1. The summed E-state index contributed by atoms with van der Waals surface area (Å²) in [6.07, 6.45) is -2.92. The number of benzene rings is 3. The lowest BCUT2D eigenvalue weighted by Gasteiger charge is -2.28. The molecule has 4 rings (SSSR count). The van der Waals surface area contributed by atoms with Crippen LogP contribution in [-0.4, -0.2) is 52.4 Å². The molecule has 0 bridgehead atoms. The third kappa shape index (κ3) is 9.32. The SMILES string of the molecule is COc1cc(NC(C(=O)N2CCc3ccc(C(F)(F)F)cc32)c2ccc(Cl)cc2OCCCC(=O)OC(C)(C)C)cc(S(C)(=O)=O)c1. The average Bonchev–Trinajstić information content (AvgIpc) is 3.39. The molecule has 9 nitrogen and oxygen atoms in total. The third-order valence-electron chi connectivity index (χ3n) is 7.17. The van der Waals surface area contributed by atoms with Crippen molar-refractivity contribution in [1.82, 2.24) is 0 Å². The predicted molar refractivity (Wildman–Crippen MR) is 172 cm³/mol. The molecule has 1 atom stereocenters. The zero-order valence-electron chi connectivity index (χ0n) is 26.5. The molecule has 14 heteroatoms. The molecule has 0 aromatic heterocycles. The highest BCUT2D eigenvalue weighted by Crippen LogP contribution is 2.40. The number of alkyl halides is 3. The molecule has 3 aromatic carbocycles. The number of rotatable bonds is 11. The van der Waals surface area contributed by atoms with Crippen LogP contribution in [0.25, 0.3) is 0 Å². The van der Waals surface area contributed by atoms with Crippen LogP contribution in [-0.2, 0) is 36.8 Å². The fraction of sp³-hybridized carbons (Fsp3) is 0.394. The highest BCUT2D eigenvalue weighted by Gasteiger charge is 2.37. The van der Waals surface area contributed by atoms with Gasteiger partial charge in [0, 0.05) is 47.2 Å². The van der Waals surface area contributed by atoms with Gasteiger partial charge in [0.2, 0.25) is 0 Å². The Bertz CT molecular complexity index is 1760. The molecular formula is C33H36ClF3N2O7S. The predicted octanol–water partition coefficient (Wildman–Crippen LogP) is 7.01. The van der Waals surface area contributed by atoms with Crippen LogP contribution in [0, 0.1) is 0 Å². The van der Waals surface area contributed by atoms with Crippen molar-refractivity contribution in [3.05, 3.63) is 76.3 Å². The molecule has 1 aliphatic rings. The molecular weight excluding hydrogens is 661 g/mol. The molecule has 3 aromatic rings. The van der Waals surface area contributed by atoms with Crippen molar-refractivity contribution in [2.45, 2.75) is 62.7 Å². The summed E-state index contributed by atoms with van der Waals surface area (Å²) in [6, 6.07) is 10.7. The highest BCUT2D eigenvalue weighted by molar-refractivity contribution is 7.90. The van der Waals surface area contributed by atoms with Gasteiger partial charge in [-0.25, -0.2) is 8.42 Å². The monoisotopic (exact) mass is 696 g/mol. The molecule has 0 radical (unpaired) electrons. The van der Waals surface area contributed by atoms with E-state index in [0.29, 0.717) is 12.0 Å². The smallest absolute Gasteiger partial charge is 0.416 e. The standard InChI is InChI=1S/C33H36ClF3N2O7S/c1-32(2,3)46-29(40)7-6-14-45-28-16-22(34)10-11-26(28)30(38-23-17-24(44-4)19-25(18-23)47(5,42)43)31(41)39-13-12-20-8-9-21(15-27(20)39)33(35,36)37/h8-11,15-19,30,38H,6-7,12-14H2,1-5H3. The number of amides is 1. The Morgan fingerprint density at radius 2 is 1.77 bits per heavy atom. The number of ether oxygens (including phenoxy) is 3. The summed E-state index contributed by atoms with van der Waals surface area (Å²) >= 11 is 6.30. The minimum absolute atomic E-state index is 0.0480. The fourth-order valence-corrected chi connectivity index (χ4v) is 5.86. The number of hydrogen-bond donors (Lipinski definition) is 1. The van der Waals surface area contributed by atoms with E-state index in [1.54, 1.807) is 26.8 Å². The van der Waals surface area contributed by atoms with Crippen molar-refractivity contribution < 1.29 is 45.4 Å². The van der Waals surface area contributed by atoms with E-state index in [0.717, 1.165) is 18.4 Å². The van der Waals surface area contributed by atoms with E-state index in [2.05, 4.69) is 5.32 Å². The van der Waals surface area contributed by atoms with Crippen molar-refractivity contribution in [2.24, 2.45) is 0 Å². The molecule has 1 amide bonds. The van der Waals surface area contributed by atoms with Crippen LogP contribution >= 0.6 is 11.6 Å². The number of nitrogens with zero attached hydrogens (tertiary/aromatic N) is 1. The first-order chi connectivity index (χ1) is 21.9. The fourth-order valence-electron chi connectivity index (χ4n) is 5.03. The maximum Gasteiger partial charge on any atom is 0.416 e. The summed E-state index contributed by atoms with van der Waals surface area (Å²) in [5.74, 6) is -0.652. The Morgan fingerprint density at radius 1 is 1.04 bits per heavy atom. The molecule has 1 N–H and O–H groups in total. The minimum atomic E-state index is -4.62. The van der Waals surface area contributed by atoms with Crippen molar-refractivity contribution in [3.8, 4) is 11.5 Å². The second-order valence-corrected chi connectivity index (χ2v) is 14.5. The lowest BCUT2D eigenvalue weighted by molar-refractivity contribution is -0.155. The molecule has 47 heavy (non-hydrogen) atoms. The first-order valence-corrected chi connectivity index (χ1v) is 16.9. The number of nitrogens with one attached hydrogen (secondary N) is 1. The van der Waals surface area contributed by atoms with Crippen LogP contribution in [0.15, 0.2) is 59.5 Å². The number of anilines is 2. The molecule has 0 saturated carbocycles. The molecule has 0 spiro atoms. The van der Waals surface area contributed by atoms with Crippen LogP contribution < -0.4 is 19.7 Å². The van der Waals surface area contributed by atoms with Crippen molar-refractivity contribution in [2.75, 3.05) is 36.7 Å². The normalized spacial score (nSPS) is 13.9. The van der Waals surface area contributed by atoms with Crippen LogP contribution in [0.5, 0.6) is 11.5 Å². The van der Waals surface area contributed by atoms with E-state index < -0.39 is 45.1 Å². The van der Waals surface area contributed by atoms with Gasteiger partial charge in [-0.15, -0.1) is 0 Å². The second kappa shape index (κ2) is 14.0. The van der Waals surface area contributed by atoms with Gasteiger partial charge in [-0.1, -0.05) is 23.7 Å². The van der Waals surface area contributed by atoms with Crippen LogP contribution in [0.2, 0.25) is 5.02 Å². The van der Waals surface area contributed by atoms with E-state index >= 15 is 0 Å². The van der Waals surface area contributed by atoms with Crippen LogP contribution in [0.4, 0.5) is 24.5 Å². The Kier molecular flexibility index (Phi) is 10.7. The van der Waals surface area contributed by atoms with E-state index in [9.17, 15) is 31.2 Å². The third-order valence-corrected chi connectivity index (χ3v) is 8.49. The van der Waals surface area contributed by atoms with Gasteiger partial charge in [0.1, 0.15) is 23.1 Å². The summed E-state index contributed by atoms with van der Waals surface area (Å²) in [7, 11) is -2.35. The lowest BCUT2D eigenvalue weighted by Crippen LogP contribution is -2.37. The summed E-state index contributed by atoms with van der Waals surface area (Å²) in [5.41, 5.74) is -0.387. The maximum atomic E-state index is 14.4. The first kappa shape index (κ1) is 35.9. The molecule has 254 valence electrons. The number of methoxy groups -OCH3 is 1. The van der Waals surface area contributed by atoms with Gasteiger partial charge in [0.05, 0.1) is 24.2 Å². The number of carbonyl (C=O) groups excluding carboxylic acids is 2. The van der Waals surface area contributed by atoms with Gasteiger partial charge in [-0.05, 0) is 75.6 Å². The molecule has 1 unspecified atom stereocenters. The molecule has 0 aliphatic carbocycles. The summed E-state index contributed by atoms with van der Waals surface area (Å²) in [4.78, 5) is 27.8. The number of sulfone groups is 1. The average molecular weight is 697 g/mol. The Hall–Kier alpha value is -3.97. The van der Waals surface area contributed by atoms with Crippen LogP contribution in [0.1, 0.15) is 56.3 Å². The van der Waals surface area contributed by atoms with Crippen molar-refractivity contribution >= 4 is 44.7 Å². The molecule has 0 fully saturated rings. The number of carbonyl (C=O) groups is 2. The molecule has 1 heterocycles. The van der Waals surface area contributed by atoms with E-state index in [1.807, 2.05) is 0 Å².